The molecule has 16 heavy (non-hydrogen) atoms. The van der Waals surface area contributed by atoms with Gasteiger partial charge in [0.25, 0.3) is 0 Å². The Morgan fingerprint density at radius 2 is 2.25 bits per heavy atom. The van der Waals surface area contributed by atoms with E-state index in [9.17, 15) is 4.79 Å². The Morgan fingerprint density at radius 1 is 1.44 bits per heavy atom. The van der Waals surface area contributed by atoms with Crippen LogP contribution in [-0.2, 0) is 11.3 Å². The van der Waals surface area contributed by atoms with Crippen molar-refractivity contribution in [1.29, 1.82) is 0 Å². The molecule has 0 bridgehead atoms. The molecule has 2 rings (SSSR count). The van der Waals surface area contributed by atoms with Crippen molar-refractivity contribution in [2.75, 3.05) is 13.1 Å². The normalized spacial score (nSPS) is 21.9. The largest absolute Gasteiger partial charge is 0.303 e. The van der Waals surface area contributed by atoms with Gasteiger partial charge in [-0.05, 0) is 37.4 Å². The van der Waals surface area contributed by atoms with Gasteiger partial charge in [-0.25, -0.2) is 0 Å². The SMILES string of the molecule is Cc1ccccc1CN1CCCC(C=O)C1. The number of carbonyl (C=O) groups is 1. The summed E-state index contributed by atoms with van der Waals surface area (Å²) in [7, 11) is 0. The third-order valence-electron chi connectivity index (χ3n) is 3.39. The van der Waals surface area contributed by atoms with Crippen LogP contribution in [-0.4, -0.2) is 24.3 Å². The highest BCUT2D eigenvalue weighted by molar-refractivity contribution is 5.53. The summed E-state index contributed by atoms with van der Waals surface area (Å²) in [6.07, 6.45) is 3.33. The summed E-state index contributed by atoms with van der Waals surface area (Å²) in [5.74, 6) is 0.248. The van der Waals surface area contributed by atoms with Crippen LogP contribution in [0.2, 0.25) is 0 Å². The lowest BCUT2D eigenvalue weighted by atomic mass is 9.98. The number of hydrogen-bond acceptors (Lipinski definition) is 2. The predicted octanol–water partition coefficient (Wildman–Crippen LogP) is 2.41. The Morgan fingerprint density at radius 3 is 3.00 bits per heavy atom. The molecule has 0 amide bonds. The molecule has 0 N–H and O–H groups in total. The Kier molecular flexibility index (Phi) is 3.73. The number of benzene rings is 1. The van der Waals surface area contributed by atoms with Crippen LogP contribution < -0.4 is 0 Å². The van der Waals surface area contributed by atoms with E-state index in [1.54, 1.807) is 0 Å². The molecular formula is C14H19NO. The van der Waals surface area contributed by atoms with Crippen molar-refractivity contribution in [1.82, 2.24) is 4.90 Å². The number of aryl methyl sites for hydroxylation is 1. The number of nitrogens with zero attached hydrogens (tertiary/aromatic N) is 1. The molecular weight excluding hydrogens is 198 g/mol. The average molecular weight is 217 g/mol. The maximum absolute atomic E-state index is 10.8. The fourth-order valence-corrected chi connectivity index (χ4v) is 2.37. The minimum absolute atomic E-state index is 0.248. The molecule has 0 saturated carbocycles. The number of likely N-dealkylation sites (tertiary alicyclic amines) is 1. The van der Waals surface area contributed by atoms with E-state index in [1.807, 2.05) is 0 Å². The maximum Gasteiger partial charge on any atom is 0.124 e. The van der Waals surface area contributed by atoms with Gasteiger partial charge < -0.3 is 4.79 Å². The first-order chi connectivity index (χ1) is 7.79. The van der Waals surface area contributed by atoms with Gasteiger partial charge in [-0.15, -0.1) is 0 Å². The molecule has 2 heteroatoms. The Bertz CT molecular complexity index is 362. The second-order valence-electron chi connectivity index (χ2n) is 4.70. The van der Waals surface area contributed by atoms with Gasteiger partial charge in [-0.3, -0.25) is 4.90 Å². The molecule has 1 aliphatic rings. The van der Waals surface area contributed by atoms with Crippen LogP contribution in [0.15, 0.2) is 24.3 Å². The third kappa shape index (κ3) is 2.70. The minimum Gasteiger partial charge on any atom is -0.303 e. The Labute approximate surface area is 97.3 Å². The zero-order valence-electron chi connectivity index (χ0n) is 9.86. The second-order valence-corrected chi connectivity index (χ2v) is 4.70. The molecule has 1 aromatic rings. The van der Waals surface area contributed by atoms with E-state index < -0.39 is 0 Å². The van der Waals surface area contributed by atoms with Crippen LogP contribution in [0, 0.1) is 12.8 Å². The van der Waals surface area contributed by atoms with Crippen molar-refractivity contribution in [3.63, 3.8) is 0 Å². The molecule has 1 aliphatic heterocycles. The van der Waals surface area contributed by atoms with Crippen LogP contribution in [0.1, 0.15) is 24.0 Å². The van der Waals surface area contributed by atoms with Gasteiger partial charge in [-0.1, -0.05) is 24.3 Å². The van der Waals surface area contributed by atoms with E-state index in [0.717, 1.165) is 38.8 Å². The number of rotatable bonds is 3. The zero-order chi connectivity index (χ0) is 11.4. The summed E-state index contributed by atoms with van der Waals surface area (Å²) >= 11 is 0. The lowest BCUT2D eigenvalue weighted by Gasteiger charge is -2.30. The van der Waals surface area contributed by atoms with E-state index in [0.29, 0.717) is 0 Å². The predicted molar refractivity (Wildman–Crippen MR) is 65.2 cm³/mol. The van der Waals surface area contributed by atoms with E-state index in [1.165, 1.54) is 11.1 Å². The van der Waals surface area contributed by atoms with Crippen LogP contribution in [0.5, 0.6) is 0 Å². The summed E-state index contributed by atoms with van der Waals surface area (Å²) in [4.78, 5) is 13.2. The van der Waals surface area contributed by atoms with Crippen molar-refractivity contribution in [2.24, 2.45) is 5.92 Å². The molecule has 0 aliphatic carbocycles. The highest BCUT2D eigenvalue weighted by Crippen LogP contribution is 2.18. The second kappa shape index (κ2) is 5.26. The number of piperidine rings is 1. The lowest BCUT2D eigenvalue weighted by molar-refractivity contribution is -0.112. The van der Waals surface area contributed by atoms with Gasteiger partial charge >= 0.3 is 0 Å². The fourth-order valence-electron chi connectivity index (χ4n) is 2.37. The van der Waals surface area contributed by atoms with Crippen molar-refractivity contribution in [3.8, 4) is 0 Å². The Hall–Kier alpha value is -1.15. The molecule has 86 valence electrons. The standard InChI is InChI=1S/C14H19NO/c1-12-5-2-3-7-14(12)10-15-8-4-6-13(9-15)11-16/h2-3,5,7,11,13H,4,6,8-10H2,1H3. The molecule has 1 saturated heterocycles. The van der Waals surface area contributed by atoms with Crippen molar-refractivity contribution in [2.45, 2.75) is 26.3 Å². The summed E-state index contributed by atoms with van der Waals surface area (Å²) in [5.41, 5.74) is 2.73. The highest BCUT2D eigenvalue weighted by atomic mass is 16.1. The topological polar surface area (TPSA) is 20.3 Å². The van der Waals surface area contributed by atoms with Crippen molar-refractivity contribution < 1.29 is 4.79 Å². The zero-order valence-corrected chi connectivity index (χ0v) is 9.86. The lowest BCUT2D eigenvalue weighted by Crippen LogP contribution is -2.35. The monoisotopic (exact) mass is 217 g/mol. The van der Waals surface area contributed by atoms with Crippen LogP contribution in [0.25, 0.3) is 0 Å². The molecule has 1 aromatic carbocycles. The molecule has 2 nitrogen and oxygen atoms in total. The first-order valence-electron chi connectivity index (χ1n) is 6.02. The molecule has 0 radical (unpaired) electrons. The summed E-state index contributed by atoms with van der Waals surface area (Å²) < 4.78 is 0. The summed E-state index contributed by atoms with van der Waals surface area (Å²) in [5, 5.41) is 0. The number of aldehydes is 1. The molecule has 1 heterocycles. The van der Waals surface area contributed by atoms with Gasteiger partial charge in [0, 0.05) is 19.0 Å². The first kappa shape index (κ1) is 11.3. The van der Waals surface area contributed by atoms with E-state index in [2.05, 4.69) is 36.1 Å². The maximum atomic E-state index is 10.8. The van der Waals surface area contributed by atoms with E-state index in [-0.39, 0.29) is 5.92 Å². The van der Waals surface area contributed by atoms with Gasteiger partial charge in [-0.2, -0.15) is 0 Å². The average Bonchev–Trinajstić information content (AvgIpc) is 2.32. The van der Waals surface area contributed by atoms with Gasteiger partial charge in [0.05, 0.1) is 0 Å². The number of carbonyl (C=O) groups excluding carboxylic acids is 1. The molecule has 0 aromatic heterocycles. The van der Waals surface area contributed by atoms with Gasteiger partial charge in [0.15, 0.2) is 0 Å². The molecule has 1 fully saturated rings. The summed E-state index contributed by atoms with van der Waals surface area (Å²) in [6, 6.07) is 8.49. The first-order valence-corrected chi connectivity index (χ1v) is 6.02. The smallest absolute Gasteiger partial charge is 0.124 e. The van der Waals surface area contributed by atoms with Gasteiger partial charge in [0.1, 0.15) is 6.29 Å². The van der Waals surface area contributed by atoms with Crippen LogP contribution >= 0.6 is 0 Å². The van der Waals surface area contributed by atoms with Crippen LogP contribution in [0.4, 0.5) is 0 Å². The van der Waals surface area contributed by atoms with Crippen molar-refractivity contribution >= 4 is 6.29 Å². The minimum atomic E-state index is 0.248. The molecule has 1 atom stereocenters. The van der Waals surface area contributed by atoms with E-state index >= 15 is 0 Å². The van der Waals surface area contributed by atoms with Gasteiger partial charge in [0.2, 0.25) is 0 Å². The third-order valence-corrected chi connectivity index (χ3v) is 3.39. The number of hydrogen-bond donors (Lipinski definition) is 0. The fraction of sp³-hybridized carbons (Fsp3) is 0.500. The highest BCUT2D eigenvalue weighted by Gasteiger charge is 2.19. The molecule has 1 unspecified atom stereocenters. The quantitative estimate of drug-likeness (QED) is 0.725. The van der Waals surface area contributed by atoms with Crippen LogP contribution in [0.3, 0.4) is 0 Å². The van der Waals surface area contributed by atoms with E-state index in [4.69, 9.17) is 0 Å². The summed E-state index contributed by atoms with van der Waals surface area (Å²) in [6.45, 7) is 5.18. The molecule has 0 spiro atoms. The van der Waals surface area contributed by atoms with Crippen molar-refractivity contribution in [3.05, 3.63) is 35.4 Å². The Balaban J connectivity index is 1.99.